The van der Waals surface area contributed by atoms with Gasteiger partial charge in [-0.15, -0.1) is 0 Å². The van der Waals surface area contributed by atoms with Gasteiger partial charge in [-0.25, -0.2) is 0 Å². The van der Waals surface area contributed by atoms with Gasteiger partial charge in [0.15, 0.2) is 6.23 Å². The van der Waals surface area contributed by atoms with Crippen LogP contribution in [0.4, 0.5) is 0 Å². The molecular formula is C11H16N6O5. The zero-order chi connectivity index (χ0) is 16.5. The molecule has 120 valence electrons. The first-order chi connectivity index (χ1) is 10.3. The Morgan fingerprint density at radius 2 is 2.27 bits per heavy atom. The van der Waals surface area contributed by atoms with Gasteiger partial charge in [-0.1, -0.05) is 10.3 Å². The molecule has 2 rings (SSSR count). The second kappa shape index (κ2) is 5.46. The van der Waals surface area contributed by atoms with Gasteiger partial charge in [-0.05, 0) is 19.4 Å². The Hall–Kier alpha value is -2.33. The van der Waals surface area contributed by atoms with Crippen molar-refractivity contribution >= 4 is 0 Å². The number of azide groups is 1. The molecule has 0 unspecified atom stereocenters. The van der Waals surface area contributed by atoms with E-state index in [-0.39, 0.29) is 5.62 Å². The average Bonchev–Trinajstić information content (AvgIpc) is 2.70. The van der Waals surface area contributed by atoms with E-state index in [1.165, 1.54) is 24.6 Å². The summed E-state index contributed by atoms with van der Waals surface area (Å²) >= 11 is 0. The van der Waals surface area contributed by atoms with Crippen molar-refractivity contribution in [3.63, 3.8) is 0 Å². The zero-order valence-corrected chi connectivity index (χ0v) is 11.9. The molecule has 22 heavy (non-hydrogen) atoms. The van der Waals surface area contributed by atoms with E-state index in [0.717, 1.165) is 6.07 Å². The van der Waals surface area contributed by atoms with Gasteiger partial charge in [0.2, 0.25) is 5.62 Å². The second-order valence-electron chi connectivity index (χ2n) is 5.39. The normalized spacial score (nSPS) is 35.4. The maximum absolute atomic E-state index is 11.3. The van der Waals surface area contributed by atoms with Gasteiger partial charge in [-0.3, -0.25) is 14.3 Å². The van der Waals surface area contributed by atoms with Crippen LogP contribution < -0.4 is 11.2 Å². The molecule has 4 atom stereocenters. The summed E-state index contributed by atoms with van der Waals surface area (Å²) in [5, 5.41) is 35.5. The van der Waals surface area contributed by atoms with Gasteiger partial charge in [-0.2, -0.15) is 0 Å². The lowest BCUT2D eigenvalue weighted by molar-refractivity contribution is -0.117. The fourth-order valence-electron chi connectivity index (χ4n) is 2.56. The van der Waals surface area contributed by atoms with Gasteiger partial charge >= 0.3 is 0 Å². The molecule has 0 aromatic carbocycles. The van der Waals surface area contributed by atoms with Crippen molar-refractivity contribution in [1.82, 2.24) is 9.55 Å². The van der Waals surface area contributed by atoms with E-state index in [1.807, 2.05) is 0 Å². The lowest BCUT2D eigenvalue weighted by Crippen LogP contribution is -2.49. The lowest BCUT2D eigenvalue weighted by Gasteiger charge is -2.29. The van der Waals surface area contributed by atoms with Crippen molar-refractivity contribution in [2.24, 2.45) is 10.3 Å². The first kappa shape index (κ1) is 16.0. The van der Waals surface area contributed by atoms with Crippen molar-refractivity contribution in [3.05, 3.63) is 38.7 Å². The van der Waals surface area contributed by atoms with Gasteiger partial charge in [0.1, 0.15) is 17.2 Å². The van der Waals surface area contributed by atoms with E-state index in [2.05, 4.69) is 20.2 Å². The summed E-state index contributed by atoms with van der Waals surface area (Å²) in [5.41, 5.74) is 5.10. The molecule has 0 bridgehead atoms. The monoisotopic (exact) mass is 312 g/mol. The van der Waals surface area contributed by atoms with Crippen LogP contribution in [0.1, 0.15) is 20.1 Å². The Labute approximate surface area is 123 Å². The smallest absolute Gasteiger partial charge is 0.252 e. The minimum Gasteiger partial charge on any atom is -0.408 e. The number of H-pyrrole nitrogens is 1. The minimum absolute atomic E-state index is 0.258. The average molecular weight is 312 g/mol. The summed E-state index contributed by atoms with van der Waals surface area (Å²) in [5.74, 6) is 0. The highest BCUT2D eigenvalue weighted by Crippen LogP contribution is 2.45. The number of nitrogens with zero attached hydrogens (tertiary/aromatic N) is 5. The third-order valence-electron chi connectivity index (χ3n) is 3.80. The SMILES string of the molecule is C[C@]1(N=[N+]=[N-])[C@H](n2ccc(=O)[nH]/c2=N\O)O[C@](C)(CO)[C@H]1O. The van der Waals surface area contributed by atoms with E-state index in [9.17, 15) is 15.0 Å². The van der Waals surface area contributed by atoms with Gasteiger partial charge in [0, 0.05) is 17.2 Å². The van der Waals surface area contributed by atoms with Crippen molar-refractivity contribution < 1.29 is 20.2 Å². The maximum Gasteiger partial charge on any atom is 0.252 e. The lowest BCUT2D eigenvalue weighted by atomic mass is 9.87. The summed E-state index contributed by atoms with van der Waals surface area (Å²) in [6.07, 6.45) is -1.19. The van der Waals surface area contributed by atoms with E-state index in [4.69, 9.17) is 15.5 Å². The number of ether oxygens (including phenoxy) is 1. The van der Waals surface area contributed by atoms with Crippen LogP contribution in [0, 0.1) is 0 Å². The number of hydrogen-bond acceptors (Lipinski definition) is 7. The van der Waals surface area contributed by atoms with E-state index >= 15 is 0 Å². The van der Waals surface area contributed by atoms with Crippen LogP contribution in [0.15, 0.2) is 27.3 Å². The first-order valence-electron chi connectivity index (χ1n) is 6.35. The van der Waals surface area contributed by atoms with Gasteiger partial charge in [0.05, 0.1) is 6.61 Å². The maximum atomic E-state index is 11.3. The number of nitrogens with one attached hydrogen (secondary N) is 1. The summed E-state index contributed by atoms with van der Waals surface area (Å²) in [4.78, 5) is 16.3. The highest BCUT2D eigenvalue weighted by molar-refractivity contribution is 5.11. The summed E-state index contributed by atoms with van der Waals surface area (Å²) in [6, 6.07) is 1.15. The Kier molecular flexibility index (Phi) is 3.98. The molecule has 1 aliphatic heterocycles. The fourth-order valence-corrected chi connectivity index (χ4v) is 2.56. The number of aliphatic hydroxyl groups excluding tert-OH is 2. The summed E-state index contributed by atoms with van der Waals surface area (Å²) in [7, 11) is 0. The third-order valence-corrected chi connectivity index (χ3v) is 3.80. The van der Waals surface area contributed by atoms with Crippen molar-refractivity contribution in [1.29, 1.82) is 0 Å². The molecule has 2 heterocycles. The number of aromatic amines is 1. The van der Waals surface area contributed by atoms with Gasteiger partial charge < -0.3 is 20.2 Å². The van der Waals surface area contributed by atoms with Crippen molar-refractivity contribution in [3.8, 4) is 0 Å². The van der Waals surface area contributed by atoms with Crippen LogP contribution in [0.25, 0.3) is 10.4 Å². The molecule has 1 aromatic rings. The molecule has 1 aromatic heterocycles. The van der Waals surface area contributed by atoms with Gasteiger partial charge in [0.25, 0.3) is 5.56 Å². The van der Waals surface area contributed by atoms with Crippen LogP contribution in [-0.4, -0.2) is 48.8 Å². The van der Waals surface area contributed by atoms with Crippen LogP contribution in [-0.2, 0) is 4.74 Å². The largest absolute Gasteiger partial charge is 0.408 e. The summed E-state index contributed by atoms with van der Waals surface area (Å²) in [6.45, 7) is 2.35. The van der Waals surface area contributed by atoms with Crippen LogP contribution in [0.3, 0.4) is 0 Å². The molecule has 0 saturated carbocycles. The summed E-state index contributed by atoms with van der Waals surface area (Å²) < 4.78 is 6.85. The van der Waals surface area contributed by atoms with Crippen LogP contribution >= 0.6 is 0 Å². The zero-order valence-electron chi connectivity index (χ0n) is 11.9. The number of aromatic nitrogens is 2. The molecule has 1 fully saturated rings. The Balaban J connectivity index is 2.68. The Morgan fingerprint density at radius 3 is 2.82 bits per heavy atom. The molecule has 1 saturated heterocycles. The second-order valence-corrected chi connectivity index (χ2v) is 5.39. The number of hydrogen-bond donors (Lipinski definition) is 4. The number of aliphatic hydroxyl groups is 2. The molecule has 0 amide bonds. The van der Waals surface area contributed by atoms with E-state index in [1.54, 1.807) is 0 Å². The highest BCUT2D eigenvalue weighted by atomic mass is 16.6. The van der Waals surface area contributed by atoms with E-state index < -0.39 is 35.6 Å². The molecule has 0 aliphatic carbocycles. The Bertz CT molecular complexity index is 737. The molecule has 0 spiro atoms. The van der Waals surface area contributed by atoms with Crippen molar-refractivity contribution in [2.75, 3.05) is 6.61 Å². The molecule has 11 heteroatoms. The first-order valence-corrected chi connectivity index (χ1v) is 6.35. The predicted molar refractivity (Wildman–Crippen MR) is 71.6 cm³/mol. The van der Waals surface area contributed by atoms with Crippen molar-refractivity contribution in [2.45, 2.75) is 37.3 Å². The number of rotatable bonds is 3. The van der Waals surface area contributed by atoms with Crippen LogP contribution in [0.2, 0.25) is 0 Å². The Morgan fingerprint density at radius 1 is 1.59 bits per heavy atom. The quantitative estimate of drug-likeness (QED) is 0.187. The minimum atomic E-state index is -1.51. The molecule has 11 nitrogen and oxygen atoms in total. The predicted octanol–water partition coefficient (Wildman–Crippen LogP) is -0.824. The third kappa shape index (κ3) is 2.25. The molecule has 4 N–H and O–H groups in total. The topological polar surface area (TPSA) is 169 Å². The highest BCUT2D eigenvalue weighted by Gasteiger charge is 2.59. The van der Waals surface area contributed by atoms with Crippen LogP contribution in [0.5, 0.6) is 0 Å². The van der Waals surface area contributed by atoms with E-state index in [0.29, 0.717) is 0 Å². The molecule has 1 aliphatic rings. The fraction of sp³-hybridized carbons (Fsp3) is 0.636. The standard InChI is InChI=1S/C11H16N6O5/c1-10(5-18)7(20)11(2,15-16-12)8(22-10)17-4-3-6(19)13-9(17)14-21/h3-4,7-8,18,20-21H,5H2,1-2H3,(H,13,14,19)/t7-,8-,10-,11-/m1/s1. The molecule has 0 radical (unpaired) electrons. The molecular weight excluding hydrogens is 296 g/mol.